The number of carbonyl (C=O) groups excluding carboxylic acids is 1. The zero-order chi connectivity index (χ0) is 13.1. The number of halogens is 1. The van der Waals surface area contributed by atoms with Crippen molar-refractivity contribution in [3.8, 4) is 0 Å². The van der Waals surface area contributed by atoms with Crippen molar-refractivity contribution in [3.05, 3.63) is 52.8 Å². The Labute approximate surface area is 110 Å². The van der Waals surface area contributed by atoms with E-state index in [9.17, 15) is 4.79 Å². The van der Waals surface area contributed by atoms with Gasteiger partial charge in [0.1, 0.15) is 0 Å². The van der Waals surface area contributed by atoms with E-state index in [1.807, 2.05) is 0 Å². The van der Waals surface area contributed by atoms with Gasteiger partial charge in [-0.3, -0.25) is 9.78 Å². The lowest BCUT2D eigenvalue weighted by atomic mass is 10.2. The summed E-state index contributed by atoms with van der Waals surface area (Å²) in [6, 6.07) is 8.39. The van der Waals surface area contributed by atoms with Crippen LogP contribution in [0.5, 0.6) is 0 Å². The molecule has 0 fully saturated rings. The molecule has 0 aliphatic rings. The summed E-state index contributed by atoms with van der Waals surface area (Å²) >= 11 is 5.81. The Hall–Kier alpha value is -2.07. The van der Waals surface area contributed by atoms with E-state index in [-0.39, 0.29) is 5.91 Å². The summed E-state index contributed by atoms with van der Waals surface area (Å²) in [5.74, 6) is -0.220. The summed E-state index contributed by atoms with van der Waals surface area (Å²) in [7, 11) is 0. The highest BCUT2D eigenvalue weighted by Gasteiger charge is 2.09. The second kappa shape index (κ2) is 5.06. The standard InChI is InChI=1S/C13H12ClN3O/c1-8-10(3-2-6-16-8)13(18)17-9-4-5-11(14)12(15)7-9/h2-7H,15H2,1H3,(H,17,18). The first-order chi connectivity index (χ1) is 8.58. The number of pyridine rings is 1. The molecule has 0 saturated carbocycles. The number of nitrogens with two attached hydrogens (primary N) is 1. The molecule has 2 aromatic rings. The van der Waals surface area contributed by atoms with Gasteiger partial charge in [-0.05, 0) is 37.3 Å². The molecule has 2 rings (SSSR count). The Morgan fingerprint density at radius 1 is 1.39 bits per heavy atom. The van der Waals surface area contributed by atoms with Gasteiger partial charge in [-0.2, -0.15) is 0 Å². The average Bonchev–Trinajstić information content (AvgIpc) is 2.34. The van der Waals surface area contributed by atoms with E-state index in [2.05, 4.69) is 10.3 Å². The minimum absolute atomic E-state index is 0.220. The van der Waals surface area contributed by atoms with Crippen LogP contribution < -0.4 is 11.1 Å². The fourth-order valence-electron chi connectivity index (χ4n) is 1.54. The molecule has 5 heteroatoms. The van der Waals surface area contributed by atoms with E-state index in [1.54, 1.807) is 43.5 Å². The van der Waals surface area contributed by atoms with Crippen LogP contribution in [-0.4, -0.2) is 10.9 Å². The topological polar surface area (TPSA) is 68.0 Å². The molecule has 0 aliphatic heterocycles. The molecule has 3 N–H and O–H groups in total. The Kier molecular flexibility index (Phi) is 3.48. The number of benzene rings is 1. The van der Waals surface area contributed by atoms with Crippen LogP contribution in [0.1, 0.15) is 16.1 Å². The third-order valence-electron chi connectivity index (χ3n) is 2.51. The molecule has 18 heavy (non-hydrogen) atoms. The zero-order valence-corrected chi connectivity index (χ0v) is 10.5. The van der Waals surface area contributed by atoms with Gasteiger partial charge < -0.3 is 11.1 Å². The maximum Gasteiger partial charge on any atom is 0.257 e. The molecular weight excluding hydrogens is 250 g/mol. The van der Waals surface area contributed by atoms with Gasteiger partial charge in [-0.25, -0.2) is 0 Å². The SMILES string of the molecule is Cc1ncccc1C(=O)Nc1ccc(Cl)c(N)c1. The summed E-state index contributed by atoms with van der Waals surface area (Å²) in [4.78, 5) is 16.1. The van der Waals surface area contributed by atoms with Crippen LogP contribution in [0.25, 0.3) is 0 Å². The van der Waals surface area contributed by atoms with Gasteiger partial charge >= 0.3 is 0 Å². The second-order valence-electron chi connectivity index (χ2n) is 3.83. The van der Waals surface area contributed by atoms with Crippen molar-refractivity contribution in [1.29, 1.82) is 0 Å². The first kappa shape index (κ1) is 12.4. The van der Waals surface area contributed by atoms with Crippen LogP contribution >= 0.6 is 11.6 Å². The highest BCUT2D eigenvalue weighted by molar-refractivity contribution is 6.33. The third kappa shape index (κ3) is 2.60. The molecule has 0 spiro atoms. The predicted molar refractivity (Wildman–Crippen MR) is 72.8 cm³/mol. The molecule has 0 bridgehead atoms. The summed E-state index contributed by atoms with van der Waals surface area (Å²) in [6.45, 7) is 1.78. The third-order valence-corrected chi connectivity index (χ3v) is 2.85. The summed E-state index contributed by atoms with van der Waals surface area (Å²) in [5, 5.41) is 3.21. The van der Waals surface area contributed by atoms with E-state index >= 15 is 0 Å². The molecule has 0 aliphatic carbocycles. The molecule has 1 aromatic heterocycles. The van der Waals surface area contributed by atoms with Gasteiger partial charge in [0, 0.05) is 17.6 Å². The first-order valence-electron chi connectivity index (χ1n) is 5.36. The number of anilines is 2. The Balaban J connectivity index is 2.22. The van der Waals surface area contributed by atoms with E-state index < -0.39 is 0 Å². The van der Waals surface area contributed by atoms with Crippen molar-refractivity contribution < 1.29 is 4.79 Å². The van der Waals surface area contributed by atoms with Crippen molar-refractivity contribution in [3.63, 3.8) is 0 Å². The molecule has 1 heterocycles. The molecular formula is C13H12ClN3O. The summed E-state index contributed by atoms with van der Waals surface area (Å²) in [5.41, 5.74) is 7.91. The Bertz CT molecular complexity index is 599. The summed E-state index contributed by atoms with van der Waals surface area (Å²) < 4.78 is 0. The van der Waals surface area contributed by atoms with Crippen LogP contribution in [0.2, 0.25) is 5.02 Å². The molecule has 0 unspecified atom stereocenters. The van der Waals surface area contributed by atoms with Crippen molar-refractivity contribution in [2.45, 2.75) is 6.92 Å². The summed E-state index contributed by atoms with van der Waals surface area (Å²) in [6.07, 6.45) is 1.65. The smallest absolute Gasteiger partial charge is 0.257 e. The number of nitrogens with zero attached hydrogens (tertiary/aromatic N) is 1. The van der Waals surface area contributed by atoms with E-state index in [4.69, 9.17) is 17.3 Å². The number of amides is 1. The van der Waals surface area contributed by atoms with Gasteiger partial charge in [0.2, 0.25) is 0 Å². The molecule has 1 amide bonds. The number of nitrogens with one attached hydrogen (secondary N) is 1. The van der Waals surface area contributed by atoms with Crippen LogP contribution in [-0.2, 0) is 0 Å². The van der Waals surface area contributed by atoms with Crippen molar-refractivity contribution in [2.75, 3.05) is 11.1 Å². The first-order valence-corrected chi connectivity index (χ1v) is 5.73. The highest BCUT2D eigenvalue weighted by Crippen LogP contribution is 2.22. The number of hydrogen-bond donors (Lipinski definition) is 2. The van der Waals surface area contributed by atoms with Crippen molar-refractivity contribution >= 4 is 28.9 Å². The predicted octanol–water partition coefficient (Wildman–Crippen LogP) is 2.88. The zero-order valence-electron chi connectivity index (χ0n) is 9.77. The van der Waals surface area contributed by atoms with Gasteiger partial charge in [0.15, 0.2) is 0 Å². The number of rotatable bonds is 2. The fourth-order valence-corrected chi connectivity index (χ4v) is 1.66. The minimum atomic E-state index is -0.220. The number of aryl methyl sites for hydroxylation is 1. The van der Waals surface area contributed by atoms with Gasteiger partial charge in [-0.1, -0.05) is 11.6 Å². The van der Waals surface area contributed by atoms with Gasteiger partial charge in [0.25, 0.3) is 5.91 Å². The average molecular weight is 262 g/mol. The molecule has 0 saturated heterocycles. The van der Waals surface area contributed by atoms with Crippen molar-refractivity contribution in [2.24, 2.45) is 0 Å². The lowest BCUT2D eigenvalue weighted by Crippen LogP contribution is -2.14. The lowest BCUT2D eigenvalue weighted by Gasteiger charge is -2.08. The van der Waals surface area contributed by atoms with Gasteiger partial charge in [-0.15, -0.1) is 0 Å². The van der Waals surface area contributed by atoms with Gasteiger partial charge in [0.05, 0.1) is 16.3 Å². The minimum Gasteiger partial charge on any atom is -0.397 e. The molecule has 92 valence electrons. The van der Waals surface area contributed by atoms with E-state index in [1.165, 1.54) is 0 Å². The quantitative estimate of drug-likeness (QED) is 0.817. The number of hydrogen-bond acceptors (Lipinski definition) is 3. The molecule has 0 radical (unpaired) electrons. The normalized spacial score (nSPS) is 10.1. The largest absolute Gasteiger partial charge is 0.397 e. The maximum atomic E-state index is 12.0. The Morgan fingerprint density at radius 3 is 2.83 bits per heavy atom. The molecule has 4 nitrogen and oxygen atoms in total. The van der Waals surface area contributed by atoms with Crippen LogP contribution in [0, 0.1) is 6.92 Å². The van der Waals surface area contributed by atoms with E-state index in [0.717, 1.165) is 0 Å². The molecule has 1 aromatic carbocycles. The molecule has 0 atom stereocenters. The lowest BCUT2D eigenvalue weighted by molar-refractivity contribution is 0.102. The highest BCUT2D eigenvalue weighted by atomic mass is 35.5. The van der Waals surface area contributed by atoms with Crippen LogP contribution in [0.3, 0.4) is 0 Å². The second-order valence-corrected chi connectivity index (χ2v) is 4.23. The number of carbonyl (C=O) groups is 1. The number of nitrogen functional groups attached to an aromatic ring is 1. The number of aromatic nitrogens is 1. The van der Waals surface area contributed by atoms with Crippen LogP contribution in [0.15, 0.2) is 36.5 Å². The van der Waals surface area contributed by atoms with Crippen molar-refractivity contribution in [1.82, 2.24) is 4.98 Å². The Morgan fingerprint density at radius 2 is 2.17 bits per heavy atom. The fraction of sp³-hybridized carbons (Fsp3) is 0.0769. The monoisotopic (exact) mass is 261 g/mol. The van der Waals surface area contributed by atoms with Crippen LogP contribution in [0.4, 0.5) is 11.4 Å². The maximum absolute atomic E-state index is 12.0. The van der Waals surface area contributed by atoms with E-state index in [0.29, 0.717) is 27.7 Å².